The molecule has 0 fully saturated rings. The van der Waals surface area contributed by atoms with Crippen LogP contribution >= 0.6 is 0 Å². The van der Waals surface area contributed by atoms with E-state index >= 15 is 0 Å². The van der Waals surface area contributed by atoms with Crippen LogP contribution in [0.3, 0.4) is 0 Å². The lowest BCUT2D eigenvalue weighted by Crippen LogP contribution is -2.24. The second-order valence-corrected chi connectivity index (χ2v) is 4.57. The Morgan fingerprint density at radius 3 is 1.81 bits per heavy atom. The van der Waals surface area contributed by atoms with Crippen LogP contribution in [0.5, 0.6) is 0 Å². The monoisotopic (exact) mass is 279 g/mol. The molecule has 2 aromatic rings. The Bertz CT molecular complexity index is 684. The first-order valence-electron chi connectivity index (χ1n) is 6.55. The molecule has 0 aromatic heterocycles. The minimum Gasteiger partial charge on any atom is -0.370 e. The van der Waals surface area contributed by atoms with Crippen LogP contribution in [0, 0.1) is 0 Å². The van der Waals surface area contributed by atoms with E-state index in [2.05, 4.69) is 4.99 Å². The van der Waals surface area contributed by atoms with Gasteiger partial charge in [0.05, 0.1) is 5.57 Å². The van der Waals surface area contributed by atoms with E-state index in [4.69, 9.17) is 11.5 Å². The molecule has 0 atom stereocenters. The molecule has 0 saturated heterocycles. The fourth-order valence-electron chi connectivity index (χ4n) is 2.11. The van der Waals surface area contributed by atoms with Crippen molar-refractivity contribution in [2.24, 2.45) is 16.5 Å². The molecule has 0 aliphatic heterocycles. The van der Waals surface area contributed by atoms with Crippen molar-refractivity contribution in [3.05, 3.63) is 71.8 Å². The summed E-state index contributed by atoms with van der Waals surface area (Å²) in [7, 11) is 0. The molecule has 0 saturated carbocycles. The molecule has 0 bridgehead atoms. The maximum atomic E-state index is 12.4. The zero-order valence-corrected chi connectivity index (χ0v) is 11.8. The SMILES string of the molecule is C/C(=C(\C(=O)N=C(N)N)c1ccccc1)c1ccccc1. The van der Waals surface area contributed by atoms with Gasteiger partial charge < -0.3 is 11.5 Å². The maximum absolute atomic E-state index is 12.4. The van der Waals surface area contributed by atoms with Crippen molar-refractivity contribution in [1.29, 1.82) is 0 Å². The molecule has 21 heavy (non-hydrogen) atoms. The highest BCUT2D eigenvalue weighted by Gasteiger charge is 2.15. The summed E-state index contributed by atoms with van der Waals surface area (Å²) in [5.41, 5.74) is 13.7. The molecule has 2 rings (SSSR count). The van der Waals surface area contributed by atoms with E-state index in [1.165, 1.54) is 0 Å². The Labute approximate surface area is 123 Å². The van der Waals surface area contributed by atoms with Crippen molar-refractivity contribution in [3.63, 3.8) is 0 Å². The largest absolute Gasteiger partial charge is 0.370 e. The van der Waals surface area contributed by atoms with Crippen molar-refractivity contribution in [3.8, 4) is 0 Å². The van der Waals surface area contributed by atoms with E-state index in [1.54, 1.807) is 0 Å². The average molecular weight is 279 g/mol. The molecule has 4 nitrogen and oxygen atoms in total. The number of amides is 1. The number of nitrogens with zero attached hydrogens (tertiary/aromatic N) is 1. The van der Waals surface area contributed by atoms with Crippen LogP contribution in [-0.4, -0.2) is 11.9 Å². The molecule has 0 heterocycles. The summed E-state index contributed by atoms with van der Waals surface area (Å²) < 4.78 is 0. The molecule has 4 heteroatoms. The molecular formula is C17H17N3O. The summed E-state index contributed by atoms with van der Waals surface area (Å²) in [6.07, 6.45) is 0. The average Bonchev–Trinajstić information content (AvgIpc) is 2.48. The number of aliphatic imine (C=N–C) groups is 1. The van der Waals surface area contributed by atoms with Crippen LogP contribution in [0.2, 0.25) is 0 Å². The van der Waals surface area contributed by atoms with Crippen LogP contribution in [0.1, 0.15) is 18.1 Å². The first kappa shape index (κ1) is 14.5. The van der Waals surface area contributed by atoms with Gasteiger partial charge in [0, 0.05) is 0 Å². The lowest BCUT2D eigenvalue weighted by molar-refractivity contribution is -0.112. The zero-order chi connectivity index (χ0) is 15.2. The number of hydrogen-bond donors (Lipinski definition) is 2. The van der Waals surface area contributed by atoms with E-state index in [0.29, 0.717) is 5.57 Å². The Balaban J connectivity index is 2.61. The fourth-order valence-corrected chi connectivity index (χ4v) is 2.11. The summed E-state index contributed by atoms with van der Waals surface area (Å²) in [6, 6.07) is 19.0. The van der Waals surface area contributed by atoms with Gasteiger partial charge in [-0.2, -0.15) is 4.99 Å². The molecule has 0 unspecified atom stereocenters. The van der Waals surface area contributed by atoms with Gasteiger partial charge >= 0.3 is 0 Å². The van der Waals surface area contributed by atoms with Gasteiger partial charge in [-0.1, -0.05) is 60.7 Å². The van der Waals surface area contributed by atoms with Gasteiger partial charge in [-0.05, 0) is 23.6 Å². The minimum absolute atomic E-state index is 0.241. The van der Waals surface area contributed by atoms with E-state index in [1.807, 2.05) is 67.6 Å². The first-order valence-corrected chi connectivity index (χ1v) is 6.55. The molecule has 0 aliphatic rings. The van der Waals surface area contributed by atoms with Gasteiger partial charge in [-0.15, -0.1) is 0 Å². The van der Waals surface area contributed by atoms with E-state index in [0.717, 1.165) is 16.7 Å². The number of carbonyl (C=O) groups excluding carboxylic acids is 1. The summed E-state index contributed by atoms with van der Waals surface area (Å²) in [5.74, 6) is -0.683. The normalized spacial score (nSPS) is 11.5. The Morgan fingerprint density at radius 1 is 0.857 bits per heavy atom. The second-order valence-electron chi connectivity index (χ2n) is 4.57. The van der Waals surface area contributed by atoms with Crippen molar-refractivity contribution < 1.29 is 4.79 Å². The van der Waals surface area contributed by atoms with Gasteiger partial charge in [-0.3, -0.25) is 4.79 Å². The standard InChI is InChI=1S/C17H17N3O/c1-12(13-8-4-2-5-9-13)15(16(21)20-17(18)19)14-10-6-3-7-11-14/h2-11H,1H3,(H4,18,19,20,21)/b15-12+. The third kappa shape index (κ3) is 3.57. The lowest BCUT2D eigenvalue weighted by Gasteiger charge is -2.10. The van der Waals surface area contributed by atoms with Gasteiger partial charge in [0.2, 0.25) is 0 Å². The highest BCUT2D eigenvalue weighted by atomic mass is 16.1. The van der Waals surface area contributed by atoms with Gasteiger partial charge in [0.1, 0.15) is 0 Å². The Hall–Kier alpha value is -2.88. The molecule has 106 valence electrons. The number of allylic oxidation sites excluding steroid dienone is 1. The highest BCUT2D eigenvalue weighted by Crippen LogP contribution is 2.27. The molecule has 4 N–H and O–H groups in total. The first-order chi connectivity index (χ1) is 10.1. The van der Waals surface area contributed by atoms with Crippen LogP contribution in [-0.2, 0) is 4.79 Å². The van der Waals surface area contributed by atoms with Crippen LogP contribution in [0.25, 0.3) is 11.1 Å². The number of hydrogen-bond acceptors (Lipinski definition) is 1. The van der Waals surface area contributed by atoms with Crippen LogP contribution in [0.4, 0.5) is 0 Å². The predicted molar refractivity (Wildman–Crippen MR) is 86.2 cm³/mol. The molecule has 0 aliphatic carbocycles. The smallest absolute Gasteiger partial charge is 0.281 e. The summed E-state index contributed by atoms with van der Waals surface area (Å²) in [6.45, 7) is 1.89. The summed E-state index contributed by atoms with van der Waals surface area (Å²) >= 11 is 0. The van der Waals surface area contributed by atoms with E-state index in [-0.39, 0.29) is 5.96 Å². The van der Waals surface area contributed by atoms with Crippen molar-refractivity contribution in [1.82, 2.24) is 0 Å². The third-order valence-electron chi connectivity index (χ3n) is 3.09. The van der Waals surface area contributed by atoms with Gasteiger partial charge in [0.25, 0.3) is 5.91 Å². The third-order valence-corrected chi connectivity index (χ3v) is 3.09. The van der Waals surface area contributed by atoms with Gasteiger partial charge in [-0.25, -0.2) is 0 Å². The summed E-state index contributed by atoms with van der Waals surface area (Å²) in [5, 5.41) is 0. The van der Waals surface area contributed by atoms with Crippen LogP contribution in [0.15, 0.2) is 65.7 Å². The quantitative estimate of drug-likeness (QED) is 0.392. The topological polar surface area (TPSA) is 81.5 Å². The van der Waals surface area contributed by atoms with Crippen molar-refractivity contribution >= 4 is 23.0 Å². The van der Waals surface area contributed by atoms with Crippen molar-refractivity contribution in [2.75, 3.05) is 0 Å². The molecule has 0 radical (unpaired) electrons. The number of benzene rings is 2. The van der Waals surface area contributed by atoms with Gasteiger partial charge in [0.15, 0.2) is 5.96 Å². The number of nitrogens with two attached hydrogens (primary N) is 2. The molecule has 2 aromatic carbocycles. The highest BCUT2D eigenvalue weighted by molar-refractivity contribution is 6.28. The van der Waals surface area contributed by atoms with E-state index < -0.39 is 5.91 Å². The van der Waals surface area contributed by atoms with E-state index in [9.17, 15) is 4.79 Å². The van der Waals surface area contributed by atoms with Crippen molar-refractivity contribution in [2.45, 2.75) is 6.92 Å². The molecule has 0 spiro atoms. The number of rotatable bonds is 3. The fraction of sp³-hybridized carbons (Fsp3) is 0.0588. The molecule has 1 amide bonds. The molecular weight excluding hydrogens is 262 g/mol. The van der Waals surface area contributed by atoms with Crippen LogP contribution < -0.4 is 11.5 Å². The zero-order valence-electron chi connectivity index (χ0n) is 11.8. The number of carbonyl (C=O) groups is 1. The second kappa shape index (κ2) is 6.52. The lowest BCUT2D eigenvalue weighted by atomic mass is 9.95. The Kier molecular flexibility index (Phi) is 4.51. The number of guanidine groups is 1. The predicted octanol–water partition coefficient (Wildman–Crippen LogP) is 2.42. The maximum Gasteiger partial charge on any atom is 0.281 e. The minimum atomic E-state index is -0.442. The summed E-state index contributed by atoms with van der Waals surface area (Å²) in [4.78, 5) is 16.0. The Morgan fingerprint density at radius 2 is 1.33 bits per heavy atom.